The zero-order valence-corrected chi connectivity index (χ0v) is 16.8. The van der Waals surface area contributed by atoms with Crippen LogP contribution >= 0.6 is 0 Å². The highest BCUT2D eigenvalue weighted by molar-refractivity contribution is 6.24. The molecule has 0 heterocycles. The summed E-state index contributed by atoms with van der Waals surface area (Å²) in [4.78, 5) is 13.1. The van der Waals surface area contributed by atoms with Gasteiger partial charge >= 0.3 is 0 Å². The van der Waals surface area contributed by atoms with Crippen molar-refractivity contribution in [2.24, 2.45) is 0 Å². The van der Waals surface area contributed by atoms with Crippen molar-refractivity contribution < 1.29 is 9.53 Å². The molecule has 0 spiro atoms. The van der Waals surface area contributed by atoms with Crippen molar-refractivity contribution in [1.82, 2.24) is 5.32 Å². The second kappa shape index (κ2) is 9.10. The largest absolute Gasteiger partial charge is 0.497 e. The van der Waals surface area contributed by atoms with E-state index in [1.165, 1.54) is 10.8 Å². The minimum absolute atomic E-state index is 0.106. The second-order valence-electron chi connectivity index (χ2n) is 7.06. The van der Waals surface area contributed by atoms with Crippen LogP contribution in [-0.4, -0.2) is 13.0 Å². The number of hydrogen-bond donors (Lipinski definition) is 1. The molecule has 0 atom stereocenters. The van der Waals surface area contributed by atoms with E-state index in [4.69, 9.17) is 4.74 Å². The number of ether oxygens (including phenoxy) is 1. The van der Waals surface area contributed by atoms with Crippen LogP contribution in [0, 0.1) is 0 Å². The Morgan fingerprint density at radius 3 is 2.27 bits per heavy atom. The number of carbonyl (C=O) groups excluding carboxylic acids is 1. The molecule has 1 amide bonds. The standard InChI is InChI=1S/C27H23NO2/c1-30-25-15-12-20(13-16-25)18-26(23-8-3-2-4-9-23)27(29)28-19-21-11-14-22-7-5-6-10-24(22)17-21/h2-18H,19H2,1H3,(H,28,29)/b26-18+. The summed E-state index contributed by atoms with van der Waals surface area (Å²) < 4.78 is 5.22. The first-order valence-electron chi connectivity index (χ1n) is 9.90. The van der Waals surface area contributed by atoms with Crippen molar-refractivity contribution in [2.45, 2.75) is 6.54 Å². The van der Waals surface area contributed by atoms with Gasteiger partial charge in [0.15, 0.2) is 0 Å². The lowest BCUT2D eigenvalue weighted by molar-refractivity contribution is -0.115. The predicted octanol–water partition coefficient (Wildman–Crippen LogP) is 5.71. The Bertz CT molecular complexity index is 1180. The lowest BCUT2D eigenvalue weighted by Crippen LogP contribution is -2.23. The normalized spacial score (nSPS) is 11.3. The molecule has 0 aromatic heterocycles. The van der Waals surface area contributed by atoms with Gasteiger partial charge in [0.05, 0.1) is 7.11 Å². The summed E-state index contributed by atoms with van der Waals surface area (Å²) in [5, 5.41) is 5.43. The van der Waals surface area contributed by atoms with Gasteiger partial charge in [0.2, 0.25) is 0 Å². The lowest BCUT2D eigenvalue weighted by atomic mass is 10.0. The summed E-state index contributed by atoms with van der Waals surface area (Å²) in [6.45, 7) is 0.469. The maximum atomic E-state index is 13.1. The number of fused-ring (bicyclic) bond motifs is 1. The Morgan fingerprint density at radius 1 is 0.833 bits per heavy atom. The number of amides is 1. The quantitative estimate of drug-likeness (QED) is 0.337. The summed E-state index contributed by atoms with van der Waals surface area (Å²) in [7, 11) is 1.64. The van der Waals surface area contributed by atoms with Crippen LogP contribution in [0.5, 0.6) is 5.75 Å². The molecule has 4 aromatic carbocycles. The van der Waals surface area contributed by atoms with E-state index >= 15 is 0 Å². The smallest absolute Gasteiger partial charge is 0.252 e. The minimum Gasteiger partial charge on any atom is -0.497 e. The van der Waals surface area contributed by atoms with E-state index in [9.17, 15) is 4.79 Å². The molecule has 0 aliphatic carbocycles. The predicted molar refractivity (Wildman–Crippen MR) is 123 cm³/mol. The molecule has 0 fully saturated rings. The zero-order valence-electron chi connectivity index (χ0n) is 16.8. The van der Waals surface area contributed by atoms with Gasteiger partial charge in [-0.3, -0.25) is 4.79 Å². The first kappa shape index (κ1) is 19.5. The molecule has 4 rings (SSSR count). The fourth-order valence-corrected chi connectivity index (χ4v) is 3.39. The van der Waals surface area contributed by atoms with Gasteiger partial charge in [-0.2, -0.15) is 0 Å². The van der Waals surface area contributed by atoms with Gasteiger partial charge in [0, 0.05) is 12.1 Å². The van der Waals surface area contributed by atoms with Gasteiger partial charge in [0.1, 0.15) is 5.75 Å². The highest BCUT2D eigenvalue weighted by Crippen LogP contribution is 2.21. The van der Waals surface area contributed by atoms with Crippen LogP contribution in [0.25, 0.3) is 22.4 Å². The fourth-order valence-electron chi connectivity index (χ4n) is 3.39. The molecule has 0 saturated heterocycles. The Kier molecular flexibility index (Phi) is 5.90. The van der Waals surface area contributed by atoms with Crippen molar-refractivity contribution in [3.63, 3.8) is 0 Å². The number of nitrogens with one attached hydrogen (secondary N) is 1. The van der Waals surface area contributed by atoms with Crippen LogP contribution in [0.1, 0.15) is 16.7 Å². The van der Waals surface area contributed by atoms with Crippen molar-refractivity contribution in [2.75, 3.05) is 7.11 Å². The topological polar surface area (TPSA) is 38.3 Å². The van der Waals surface area contributed by atoms with Gasteiger partial charge in [-0.15, -0.1) is 0 Å². The van der Waals surface area contributed by atoms with Crippen LogP contribution < -0.4 is 10.1 Å². The van der Waals surface area contributed by atoms with Gasteiger partial charge < -0.3 is 10.1 Å². The zero-order chi connectivity index (χ0) is 20.8. The summed E-state index contributed by atoms with van der Waals surface area (Å²) in [6.07, 6.45) is 1.91. The molecular weight excluding hydrogens is 370 g/mol. The number of carbonyl (C=O) groups is 1. The summed E-state index contributed by atoms with van der Waals surface area (Å²) >= 11 is 0. The van der Waals surface area contributed by atoms with Crippen LogP contribution in [0.3, 0.4) is 0 Å². The fraction of sp³-hybridized carbons (Fsp3) is 0.0741. The first-order valence-corrected chi connectivity index (χ1v) is 9.90. The summed E-state index contributed by atoms with van der Waals surface area (Å²) in [5.41, 5.74) is 3.51. The number of benzene rings is 4. The molecule has 0 aliphatic rings. The maximum absolute atomic E-state index is 13.1. The van der Waals surface area contributed by atoms with Gasteiger partial charge in [0.25, 0.3) is 5.91 Å². The summed E-state index contributed by atoms with van der Waals surface area (Å²) in [6, 6.07) is 31.9. The van der Waals surface area contributed by atoms with E-state index in [1.807, 2.05) is 72.8 Å². The molecule has 148 valence electrons. The van der Waals surface area contributed by atoms with E-state index in [0.717, 1.165) is 22.4 Å². The Labute approximate surface area is 176 Å². The third kappa shape index (κ3) is 4.58. The minimum atomic E-state index is -0.106. The van der Waals surface area contributed by atoms with E-state index < -0.39 is 0 Å². The molecule has 0 unspecified atom stereocenters. The summed E-state index contributed by atoms with van der Waals surface area (Å²) in [5.74, 6) is 0.680. The Balaban J connectivity index is 1.57. The molecule has 0 saturated carbocycles. The monoisotopic (exact) mass is 393 g/mol. The molecule has 3 nitrogen and oxygen atoms in total. The molecule has 30 heavy (non-hydrogen) atoms. The number of methoxy groups -OCH3 is 1. The number of hydrogen-bond acceptors (Lipinski definition) is 2. The van der Waals surface area contributed by atoms with Gasteiger partial charge in [-0.1, -0.05) is 78.9 Å². The second-order valence-corrected chi connectivity index (χ2v) is 7.06. The third-order valence-electron chi connectivity index (χ3n) is 5.02. The van der Waals surface area contributed by atoms with Crippen LogP contribution in [0.4, 0.5) is 0 Å². The van der Waals surface area contributed by atoms with Gasteiger partial charge in [-0.05, 0) is 51.7 Å². The molecule has 0 bridgehead atoms. The van der Waals surface area contributed by atoms with Crippen LogP contribution in [0.2, 0.25) is 0 Å². The molecule has 1 N–H and O–H groups in total. The Morgan fingerprint density at radius 2 is 1.53 bits per heavy atom. The van der Waals surface area contributed by atoms with Gasteiger partial charge in [-0.25, -0.2) is 0 Å². The van der Waals surface area contributed by atoms with Crippen LogP contribution in [0.15, 0.2) is 97.1 Å². The lowest BCUT2D eigenvalue weighted by Gasteiger charge is -2.11. The van der Waals surface area contributed by atoms with Crippen molar-refractivity contribution in [3.8, 4) is 5.75 Å². The van der Waals surface area contributed by atoms with Crippen LogP contribution in [-0.2, 0) is 11.3 Å². The Hall–Kier alpha value is -3.85. The van der Waals surface area contributed by atoms with E-state index in [-0.39, 0.29) is 5.91 Å². The first-order chi connectivity index (χ1) is 14.7. The molecule has 0 aliphatic heterocycles. The highest BCUT2D eigenvalue weighted by Gasteiger charge is 2.12. The molecule has 0 radical (unpaired) electrons. The number of rotatable bonds is 6. The van der Waals surface area contributed by atoms with E-state index in [2.05, 4.69) is 35.6 Å². The van der Waals surface area contributed by atoms with Crippen molar-refractivity contribution in [3.05, 3.63) is 114 Å². The molecule has 4 aromatic rings. The maximum Gasteiger partial charge on any atom is 0.252 e. The average molecular weight is 393 g/mol. The van der Waals surface area contributed by atoms with Crippen molar-refractivity contribution >= 4 is 28.3 Å². The van der Waals surface area contributed by atoms with Crippen molar-refractivity contribution in [1.29, 1.82) is 0 Å². The van der Waals surface area contributed by atoms with E-state index in [0.29, 0.717) is 12.1 Å². The highest BCUT2D eigenvalue weighted by atomic mass is 16.5. The van der Waals surface area contributed by atoms with E-state index in [1.54, 1.807) is 7.11 Å². The SMILES string of the molecule is COc1ccc(/C=C(/C(=O)NCc2ccc3ccccc3c2)c2ccccc2)cc1. The molecule has 3 heteroatoms. The third-order valence-corrected chi connectivity index (χ3v) is 5.02. The molecular formula is C27H23NO2. The average Bonchev–Trinajstić information content (AvgIpc) is 2.82.